The molecule has 0 fully saturated rings. The summed E-state index contributed by atoms with van der Waals surface area (Å²) in [6.07, 6.45) is -0.0778. The quantitative estimate of drug-likeness (QED) is 0.250. The number of urea groups is 1. The molecule has 0 heterocycles. The molecule has 8 nitrogen and oxygen atoms in total. The molecular weight excluding hydrogens is 446 g/mol. The van der Waals surface area contributed by atoms with E-state index in [0.29, 0.717) is 36.3 Å². The number of para-hydroxylation sites is 1. The Bertz CT molecular complexity index is 1120. The number of anilines is 1. The number of ether oxygens (including phenoxy) is 1. The van der Waals surface area contributed by atoms with Gasteiger partial charge in [0.25, 0.3) is 0 Å². The minimum absolute atomic E-state index is 0.00624. The maximum Gasteiger partial charge on any atom is 0.319 e. The van der Waals surface area contributed by atoms with Gasteiger partial charge in [0, 0.05) is 35.9 Å². The summed E-state index contributed by atoms with van der Waals surface area (Å²) in [5, 5.41) is 38.5. The van der Waals surface area contributed by atoms with Gasteiger partial charge in [-0.05, 0) is 54.8 Å². The summed E-state index contributed by atoms with van der Waals surface area (Å²) in [6, 6.07) is 19.6. The minimum atomic E-state index is -0.775. The lowest BCUT2D eigenvalue weighted by Crippen LogP contribution is -2.32. The first-order valence-electron chi connectivity index (χ1n) is 11.5. The number of hydrogen-bond donors (Lipinski definition) is 6. The Hall–Kier alpha value is -3.59. The molecule has 2 atom stereocenters. The van der Waals surface area contributed by atoms with Crippen molar-refractivity contribution in [3.05, 3.63) is 89.0 Å². The summed E-state index contributed by atoms with van der Waals surface area (Å²) in [6.45, 7) is 2.39. The number of carbonyl (C=O) groups excluding carboxylic acids is 1. The normalized spacial score (nSPS) is 12.6. The zero-order valence-corrected chi connectivity index (χ0v) is 20.0. The molecule has 0 saturated carbocycles. The maximum absolute atomic E-state index is 12.4. The van der Waals surface area contributed by atoms with Gasteiger partial charge in [0.05, 0.1) is 19.8 Å². The van der Waals surface area contributed by atoms with Crippen LogP contribution in [-0.2, 0) is 19.6 Å². The van der Waals surface area contributed by atoms with Crippen molar-refractivity contribution >= 4 is 11.7 Å². The van der Waals surface area contributed by atoms with Crippen molar-refractivity contribution in [1.82, 2.24) is 10.6 Å². The highest BCUT2D eigenvalue weighted by molar-refractivity contribution is 5.89. The molecule has 3 aromatic rings. The fraction of sp³-hybridized carbons (Fsp3) is 0.296. The standard InChI is InChI=1S/C27H33N3O5/c1-18(28-16-25(33)20-10-11-24(32)22(14-20)17-31)12-19-6-5-8-23(13-19)30-27(34)29-15-21-7-3-4-9-26(21)35-2/h3-11,13-14,18,25,28,31-33H,12,15-17H2,1-2H3,(H2,29,30,34). The van der Waals surface area contributed by atoms with Crippen LogP contribution in [0.5, 0.6) is 11.5 Å². The van der Waals surface area contributed by atoms with Crippen molar-refractivity contribution in [1.29, 1.82) is 0 Å². The topological polar surface area (TPSA) is 123 Å². The zero-order valence-electron chi connectivity index (χ0n) is 20.0. The van der Waals surface area contributed by atoms with E-state index in [9.17, 15) is 20.1 Å². The van der Waals surface area contributed by atoms with Gasteiger partial charge in [0.2, 0.25) is 0 Å². The lowest BCUT2D eigenvalue weighted by Gasteiger charge is -2.18. The van der Waals surface area contributed by atoms with E-state index >= 15 is 0 Å². The highest BCUT2D eigenvalue weighted by atomic mass is 16.5. The van der Waals surface area contributed by atoms with Crippen molar-refractivity contribution in [2.75, 3.05) is 19.0 Å². The lowest BCUT2D eigenvalue weighted by atomic mass is 10.0. The van der Waals surface area contributed by atoms with E-state index in [-0.39, 0.29) is 24.4 Å². The smallest absolute Gasteiger partial charge is 0.319 e. The van der Waals surface area contributed by atoms with Gasteiger partial charge in [-0.15, -0.1) is 0 Å². The summed E-state index contributed by atoms with van der Waals surface area (Å²) >= 11 is 0. The predicted molar refractivity (Wildman–Crippen MR) is 135 cm³/mol. The molecule has 0 radical (unpaired) electrons. The number of nitrogens with one attached hydrogen (secondary N) is 3. The van der Waals surface area contributed by atoms with Gasteiger partial charge >= 0.3 is 6.03 Å². The van der Waals surface area contributed by atoms with E-state index in [1.165, 1.54) is 6.07 Å². The maximum atomic E-state index is 12.4. The van der Waals surface area contributed by atoms with Crippen LogP contribution in [0.3, 0.4) is 0 Å². The monoisotopic (exact) mass is 479 g/mol. The second-order valence-electron chi connectivity index (χ2n) is 8.40. The van der Waals surface area contributed by atoms with Gasteiger partial charge in [-0.25, -0.2) is 4.79 Å². The molecule has 0 saturated heterocycles. The fourth-order valence-corrected chi connectivity index (χ4v) is 3.77. The van der Waals surface area contributed by atoms with Crippen LogP contribution in [0.2, 0.25) is 0 Å². The first kappa shape index (κ1) is 26.0. The van der Waals surface area contributed by atoms with Gasteiger partial charge < -0.3 is 36.0 Å². The van der Waals surface area contributed by atoms with E-state index in [4.69, 9.17) is 4.74 Å². The number of phenols is 1. The predicted octanol–water partition coefficient (Wildman–Crippen LogP) is 3.47. The van der Waals surface area contributed by atoms with Crippen molar-refractivity contribution in [3.63, 3.8) is 0 Å². The van der Waals surface area contributed by atoms with Crippen molar-refractivity contribution in [3.8, 4) is 11.5 Å². The Labute approximate surface area is 205 Å². The molecule has 3 aromatic carbocycles. The summed E-state index contributed by atoms with van der Waals surface area (Å²) < 4.78 is 5.31. The third-order valence-corrected chi connectivity index (χ3v) is 5.68. The van der Waals surface area contributed by atoms with Crippen LogP contribution in [0, 0.1) is 0 Å². The van der Waals surface area contributed by atoms with Gasteiger partial charge in [-0.3, -0.25) is 0 Å². The summed E-state index contributed by atoms with van der Waals surface area (Å²) in [7, 11) is 1.60. The molecule has 0 aliphatic carbocycles. The molecule has 186 valence electrons. The molecule has 0 bridgehead atoms. The Morgan fingerprint density at radius 1 is 1.03 bits per heavy atom. The third-order valence-electron chi connectivity index (χ3n) is 5.68. The lowest BCUT2D eigenvalue weighted by molar-refractivity contribution is 0.170. The second kappa shape index (κ2) is 12.8. The summed E-state index contributed by atoms with van der Waals surface area (Å²) in [5.74, 6) is 0.729. The van der Waals surface area contributed by atoms with Crippen LogP contribution in [0.15, 0.2) is 66.7 Å². The Morgan fingerprint density at radius 3 is 2.60 bits per heavy atom. The van der Waals surface area contributed by atoms with E-state index in [0.717, 1.165) is 16.9 Å². The first-order chi connectivity index (χ1) is 16.9. The van der Waals surface area contributed by atoms with Gasteiger partial charge in [0.1, 0.15) is 11.5 Å². The van der Waals surface area contributed by atoms with Crippen LogP contribution in [-0.4, -0.2) is 41.0 Å². The van der Waals surface area contributed by atoms with E-state index < -0.39 is 6.10 Å². The minimum Gasteiger partial charge on any atom is -0.508 e. The number of benzene rings is 3. The molecular formula is C27H33N3O5. The Balaban J connectivity index is 1.48. The molecule has 0 aromatic heterocycles. The highest BCUT2D eigenvalue weighted by Gasteiger charge is 2.13. The SMILES string of the molecule is COc1ccccc1CNC(=O)Nc1cccc(CC(C)NCC(O)c2ccc(O)c(CO)c2)c1. The highest BCUT2D eigenvalue weighted by Crippen LogP contribution is 2.22. The largest absolute Gasteiger partial charge is 0.508 e. The summed E-state index contributed by atoms with van der Waals surface area (Å²) in [5.41, 5.74) is 3.62. The molecule has 0 aliphatic rings. The van der Waals surface area contributed by atoms with E-state index in [1.54, 1.807) is 19.2 Å². The Morgan fingerprint density at radius 2 is 1.83 bits per heavy atom. The van der Waals surface area contributed by atoms with Gasteiger partial charge in [-0.1, -0.05) is 36.4 Å². The van der Waals surface area contributed by atoms with E-state index in [2.05, 4.69) is 16.0 Å². The molecule has 0 aliphatic heterocycles. The molecule has 2 unspecified atom stereocenters. The molecule has 3 rings (SSSR count). The number of amides is 2. The fourth-order valence-electron chi connectivity index (χ4n) is 3.77. The second-order valence-corrected chi connectivity index (χ2v) is 8.40. The van der Waals surface area contributed by atoms with Gasteiger partial charge in [-0.2, -0.15) is 0 Å². The number of hydrogen-bond acceptors (Lipinski definition) is 6. The first-order valence-corrected chi connectivity index (χ1v) is 11.5. The average molecular weight is 480 g/mol. The van der Waals surface area contributed by atoms with Crippen LogP contribution < -0.4 is 20.7 Å². The van der Waals surface area contributed by atoms with Crippen LogP contribution in [0.25, 0.3) is 0 Å². The van der Waals surface area contributed by atoms with Crippen LogP contribution >= 0.6 is 0 Å². The number of rotatable bonds is 11. The zero-order chi connectivity index (χ0) is 25.2. The third kappa shape index (κ3) is 7.71. The van der Waals surface area contributed by atoms with E-state index in [1.807, 2.05) is 55.5 Å². The molecule has 6 N–H and O–H groups in total. The number of methoxy groups -OCH3 is 1. The Kier molecular flexibility index (Phi) is 9.48. The number of aliphatic hydroxyl groups is 2. The number of aromatic hydroxyl groups is 1. The van der Waals surface area contributed by atoms with Crippen LogP contribution in [0.1, 0.15) is 35.3 Å². The summed E-state index contributed by atoms with van der Waals surface area (Å²) in [4.78, 5) is 12.4. The number of aliphatic hydroxyl groups excluding tert-OH is 2. The molecule has 35 heavy (non-hydrogen) atoms. The average Bonchev–Trinajstić information content (AvgIpc) is 2.86. The van der Waals surface area contributed by atoms with Gasteiger partial charge in [0.15, 0.2) is 0 Å². The van der Waals surface area contributed by atoms with Crippen molar-refractivity contribution in [2.24, 2.45) is 0 Å². The molecule has 0 spiro atoms. The van der Waals surface area contributed by atoms with Crippen LogP contribution in [0.4, 0.5) is 10.5 Å². The molecule has 8 heteroatoms. The number of carbonyl (C=O) groups is 1. The molecule has 2 amide bonds. The van der Waals surface area contributed by atoms with Crippen molar-refractivity contribution < 1.29 is 24.9 Å². The van der Waals surface area contributed by atoms with Crippen molar-refractivity contribution in [2.45, 2.75) is 38.6 Å².